The van der Waals surface area contributed by atoms with Crippen molar-refractivity contribution in [3.8, 4) is 0 Å². The number of fused-ring (bicyclic) bond motifs is 1. The molecule has 2 aromatic carbocycles. The number of Topliss-reactive ketones (excluding diaryl/α,β-unsaturated/α-hetero) is 1. The maximum absolute atomic E-state index is 13.4. The van der Waals surface area contributed by atoms with Crippen molar-refractivity contribution in [3.05, 3.63) is 76.9 Å². The number of rotatable bonds is 4. The number of hydrogen-bond donors (Lipinski definition) is 0. The molecule has 5 heteroatoms. The largest absolute Gasteiger partial charge is 0.294 e. The van der Waals surface area contributed by atoms with Gasteiger partial charge < -0.3 is 0 Å². The molecule has 0 bridgehead atoms. The van der Waals surface area contributed by atoms with Crippen LogP contribution < -0.4 is 0 Å². The van der Waals surface area contributed by atoms with Crippen LogP contribution in [-0.4, -0.2) is 31.6 Å². The number of allylic oxidation sites excluding steroid dienone is 1. The van der Waals surface area contributed by atoms with E-state index in [1.807, 2.05) is 50.2 Å². The van der Waals surface area contributed by atoms with Crippen LogP contribution in [0.4, 0.5) is 0 Å². The Balaban J connectivity index is 1.69. The molecule has 0 N–H and O–H groups in total. The van der Waals surface area contributed by atoms with Crippen LogP contribution in [0.1, 0.15) is 40.7 Å². The Morgan fingerprint density at radius 3 is 2.24 bits per heavy atom. The summed E-state index contributed by atoms with van der Waals surface area (Å²) >= 11 is 0. The fourth-order valence-electron chi connectivity index (χ4n) is 4.46. The number of carbonyl (C=O) groups is 1. The number of nitrogens with zero attached hydrogens (tertiary/aromatic N) is 1. The van der Waals surface area contributed by atoms with Gasteiger partial charge in [0.25, 0.3) is 0 Å². The Labute approximate surface area is 173 Å². The first-order valence-electron chi connectivity index (χ1n) is 10.2. The van der Waals surface area contributed by atoms with Crippen LogP contribution in [-0.2, 0) is 10.0 Å². The van der Waals surface area contributed by atoms with Gasteiger partial charge >= 0.3 is 0 Å². The van der Waals surface area contributed by atoms with Gasteiger partial charge in [-0.1, -0.05) is 59.2 Å². The topological polar surface area (TPSA) is 54.5 Å². The van der Waals surface area contributed by atoms with Crippen LogP contribution in [0.25, 0.3) is 0 Å². The highest BCUT2D eigenvalue weighted by molar-refractivity contribution is 7.89. The first-order valence-corrected chi connectivity index (χ1v) is 11.7. The van der Waals surface area contributed by atoms with Gasteiger partial charge in [0.1, 0.15) is 0 Å². The van der Waals surface area contributed by atoms with Gasteiger partial charge in [-0.25, -0.2) is 8.42 Å². The van der Waals surface area contributed by atoms with E-state index < -0.39 is 10.0 Å². The third-order valence-electron chi connectivity index (χ3n) is 6.18. The Morgan fingerprint density at radius 2 is 1.59 bits per heavy atom. The second-order valence-corrected chi connectivity index (χ2v) is 10.2. The van der Waals surface area contributed by atoms with Gasteiger partial charge in [0.05, 0.1) is 4.90 Å². The van der Waals surface area contributed by atoms with Crippen molar-refractivity contribution in [1.82, 2.24) is 4.31 Å². The highest BCUT2D eigenvalue weighted by atomic mass is 32.2. The van der Waals surface area contributed by atoms with E-state index in [-0.39, 0.29) is 24.2 Å². The zero-order valence-electron chi connectivity index (χ0n) is 17.0. The van der Waals surface area contributed by atoms with E-state index in [2.05, 4.69) is 6.08 Å². The number of hydrogen-bond acceptors (Lipinski definition) is 3. The second-order valence-electron chi connectivity index (χ2n) is 8.26. The number of piperidine rings is 1. The SMILES string of the molecule is Cc1ccc(C(=O)[C@H]2CN(S(=O)(=O)c3ccc(C)cc3)CC3=CCCC[C@@H]32)cc1. The molecule has 29 heavy (non-hydrogen) atoms. The smallest absolute Gasteiger partial charge is 0.243 e. The summed E-state index contributed by atoms with van der Waals surface area (Å²) in [5.41, 5.74) is 3.89. The lowest BCUT2D eigenvalue weighted by atomic mass is 9.73. The number of aryl methyl sites for hydroxylation is 2. The van der Waals surface area contributed by atoms with Gasteiger partial charge in [-0.3, -0.25) is 4.79 Å². The zero-order valence-corrected chi connectivity index (χ0v) is 17.8. The van der Waals surface area contributed by atoms with Crippen LogP contribution in [0.2, 0.25) is 0 Å². The highest BCUT2D eigenvalue weighted by Gasteiger charge is 2.42. The molecule has 2 atom stereocenters. The summed E-state index contributed by atoms with van der Waals surface area (Å²) in [6, 6.07) is 14.5. The molecule has 0 unspecified atom stereocenters. The summed E-state index contributed by atoms with van der Waals surface area (Å²) in [7, 11) is -3.64. The van der Waals surface area contributed by atoms with Gasteiger partial charge in [0.15, 0.2) is 5.78 Å². The molecular formula is C24H27NO3S. The van der Waals surface area contributed by atoms with Crippen molar-refractivity contribution < 1.29 is 13.2 Å². The number of sulfonamides is 1. The van der Waals surface area contributed by atoms with Crippen LogP contribution >= 0.6 is 0 Å². The molecule has 1 heterocycles. The van der Waals surface area contributed by atoms with E-state index in [1.165, 1.54) is 4.31 Å². The summed E-state index contributed by atoms with van der Waals surface area (Å²) in [5, 5.41) is 0. The normalized spacial score (nSPS) is 22.6. The van der Waals surface area contributed by atoms with E-state index in [0.717, 1.165) is 36.0 Å². The van der Waals surface area contributed by atoms with E-state index in [9.17, 15) is 13.2 Å². The Hall–Kier alpha value is -2.24. The zero-order chi connectivity index (χ0) is 20.6. The average molecular weight is 410 g/mol. The first kappa shape index (κ1) is 20.0. The third-order valence-corrected chi connectivity index (χ3v) is 8.00. The Bertz CT molecular complexity index is 1040. The molecule has 1 aliphatic carbocycles. The van der Waals surface area contributed by atoms with Crippen molar-refractivity contribution in [3.63, 3.8) is 0 Å². The van der Waals surface area contributed by atoms with Gasteiger partial charge in [0.2, 0.25) is 10.0 Å². The van der Waals surface area contributed by atoms with Gasteiger partial charge in [0, 0.05) is 24.6 Å². The second kappa shape index (κ2) is 7.88. The lowest BCUT2D eigenvalue weighted by Crippen LogP contribution is -2.48. The Morgan fingerprint density at radius 1 is 0.966 bits per heavy atom. The predicted molar refractivity (Wildman–Crippen MR) is 114 cm³/mol. The minimum Gasteiger partial charge on any atom is -0.294 e. The molecule has 0 saturated carbocycles. The number of ketones is 1. The Kier molecular flexibility index (Phi) is 5.45. The van der Waals surface area contributed by atoms with Crippen molar-refractivity contribution in [2.75, 3.05) is 13.1 Å². The highest BCUT2D eigenvalue weighted by Crippen LogP contribution is 2.39. The number of benzene rings is 2. The molecule has 1 aliphatic heterocycles. The van der Waals surface area contributed by atoms with Crippen LogP contribution in [0.3, 0.4) is 0 Å². The monoisotopic (exact) mass is 409 g/mol. The predicted octanol–water partition coefficient (Wildman–Crippen LogP) is 4.53. The molecule has 2 aromatic rings. The maximum atomic E-state index is 13.4. The van der Waals surface area contributed by atoms with Crippen molar-refractivity contribution in [1.29, 1.82) is 0 Å². The molecule has 1 fully saturated rings. The van der Waals surface area contributed by atoms with Crippen LogP contribution in [0.15, 0.2) is 65.1 Å². The van der Waals surface area contributed by atoms with E-state index in [4.69, 9.17) is 0 Å². The lowest BCUT2D eigenvalue weighted by Gasteiger charge is -2.41. The fraction of sp³-hybridized carbons (Fsp3) is 0.375. The molecule has 0 spiro atoms. The molecule has 2 aliphatic rings. The van der Waals surface area contributed by atoms with Gasteiger partial charge in [-0.15, -0.1) is 0 Å². The molecule has 0 radical (unpaired) electrons. The van der Waals surface area contributed by atoms with E-state index >= 15 is 0 Å². The van der Waals surface area contributed by atoms with E-state index in [1.54, 1.807) is 12.1 Å². The molecule has 1 saturated heterocycles. The minimum absolute atomic E-state index is 0.0478. The van der Waals surface area contributed by atoms with Crippen molar-refractivity contribution in [2.45, 2.75) is 38.0 Å². The summed E-state index contributed by atoms with van der Waals surface area (Å²) in [6.45, 7) is 4.56. The minimum atomic E-state index is -3.64. The standard InChI is InChI=1S/C24H27NO3S/c1-17-7-11-19(12-8-17)24(26)23-16-25(15-20-5-3-4-6-22(20)23)29(27,28)21-13-9-18(2)10-14-21/h5,7-14,22-23H,3-4,6,15-16H2,1-2H3/t22-,23-/m0/s1. The molecular weight excluding hydrogens is 382 g/mol. The summed E-state index contributed by atoms with van der Waals surface area (Å²) in [5.74, 6) is -0.146. The van der Waals surface area contributed by atoms with Crippen LogP contribution in [0.5, 0.6) is 0 Å². The maximum Gasteiger partial charge on any atom is 0.243 e. The van der Waals surface area contributed by atoms with Crippen molar-refractivity contribution in [2.24, 2.45) is 11.8 Å². The van der Waals surface area contributed by atoms with Crippen molar-refractivity contribution >= 4 is 15.8 Å². The fourth-order valence-corrected chi connectivity index (χ4v) is 5.91. The average Bonchev–Trinajstić information content (AvgIpc) is 2.73. The summed E-state index contributed by atoms with van der Waals surface area (Å²) in [4.78, 5) is 13.7. The van der Waals surface area contributed by atoms with Gasteiger partial charge in [-0.05, 0) is 51.2 Å². The first-order chi connectivity index (χ1) is 13.9. The van der Waals surface area contributed by atoms with Crippen LogP contribution in [0, 0.1) is 25.7 Å². The van der Waals surface area contributed by atoms with Gasteiger partial charge in [-0.2, -0.15) is 4.31 Å². The summed E-state index contributed by atoms with van der Waals surface area (Å²) in [6.07, 6.45) is 5.11. The molecule has 0 amide bonds. The molecule has 152 valence electrons. The van der Waals surface area contributed by atoms with E-state index in [0.29, 0.717) is 17.0 Å². The summed E-state index contributed by atoms with van der Waals surface area (Å²) < 4.78 is 28.1. The number of carbonyl (C=O) groups excluding carboxylic acids is 1. The quantitative estimate of drug-likeness (QED) is 0.551. The third kappa shape index (κ3) is 3.94. The molecule has 4 rings (SSSR count). The molecule has 4 nitrogen and oxygen atoms in total. The lowest BCUT2D eigenvalue weighted by molar-refractivity contribution is 0.0829. The molecule has 0 aromatic heterocycles.